The molecule has 7 heteroatoms. The van der Waals surface area contributed by atoms with Gasteiger partial charge in [0.05, 0.1) is 4.92 Å². The third kappa shape index (κ3) is 2.65. The van der Waals surface area contributed by atoms with Gasteiger partial charge in [-0.15, -0.1) is 0 Å². The van der Waals surface area contributed by atoms with E-state index in [1.165, 1.54) is 0 Å². The Kier molecular flexibility index (Phi) is 3.94. The number of hydrogen-bond acceptors (Lipinski definition) is 4. The van der Waals surface area contributed by atoms with Gasteiger partial charge in [0, 0.05) is 12.1 Å². The van der Waals surface area contributed by atoms with Gasteiger partial charge in [0.15, 0.2) is 17.3 Å². The van der Waals surface area contributed by atoms with Gasteiger partial charge in [-0.3, -0.25) is 10.1 Å². The maximum Gasteiger partial charge on any atom is 0.295 e. The minimum Gasteiger partial charge on any atom is -0.374 e. The lowest BCUT2D eigenvalue weighted by Crippen LogP contribution is -2.30. The average Bonchev–Trinajstić information content (AvgIpc) is 2.82. The lowest BCUT2D eigenvalue weighted by Gasteiger charge is -2.20. The van der Waals surface area contributed by atoms with Crippen molar-refractivity contribution in [3.05, 3.63) is 33.9 Å². The van der Waals surface area contributed by atoms with Crippen molar-refractivity contribution in [1.82, 2.24) is 0 Å². The van der Waals surface area contributed by atoms with E-state index >= 15 is 0 Å². The van der Waals surface area contributed by atoms with Crippen LogP contribution in [-0.2, 0) is 0 Å². The molecule has 19 heavy (non-hydrogen) atoms. The van der Waals surface area contributed by atoms with E-state index in [-0.39, 0.29) is 17.6 Å². The van der Waals surface area contributed by atoms with Gasteiger partial charge >= 0.3 is 0 Å². The van der Waals surface area contributed by atoms with Gasteiger partial charge in [-0.2, -0.15) is 0 Å². The van der Waals surface area contributed by atoms with Crippen molar-refractivity contribution in [2.75, 3.05) is 11.9 Å². The number of hydrogen-bond donors (Lipinski definition) is 2. The molecule has 0 bridgehead atoms. The molecule has 0 amide bonds. The second-order valence-electron chi connectivity index (χ2n) is 4.69. The molecular formula is C12H15F2N3O2. The number of anilines is 1. The molecule has 0 radical (unpaired) electrons. The molecule has 2 atom stereocenters. The van der Waals surface area contributed by atoms with Gasteiger partial charge in [0.25, 0.3) is 5.69 Å². The Morgan fingerprint density at radius 2 is 2.16 bits per heavy atom. The zero-order valence-electron chi connectivity index (χ0n) is 10.2. The van der Waals surface area contributed by atoms with Crippen LogP contribution in [0.4, 0.5) is 20.2 Å². The number of halogens is 2. The Balaban J connectivity index is 2.32. The summed E-state index contributed by atoms with van der Waals surface area (Å²) in [4.78, 5) is 10.1. The second-order valence-corrected chi connectivity index (χ2v) is 4.69. The Morgan fingerprint density at radius 1 is 1.42 bits per heavy atom. The summed E-state index contributed by atoms with van der Waals surface area (Å²) in [5, 5.41) is 13.6. The summed E-state index contributed by atoms with van der Waals surface area (Å²) in [5.74, 6) is -2.19. The fraction of sp³-hybridized carbons (Fsp3) is 0.500. The molecule has 104 valence electrons. The van der Waals surface area contributed by atoms with Crippen molar-refractivity contribution in [2.45, 2.75) is 25.3 Å². The molecule has 3 N–H and O–H groups in total. The van der Waals surface area contributed by atoms with Crippen LogP contribution in [0.25, 0.3) is 0 Å². The molecule has 0 heterocycles. The molecule has 1 aliphatic carbocycles. The largest absolute Gasteiger partial charge is 0.374 e. The first-order valence-electron chi connectivity index (χ1n) is 6.13. The zero-order chi connectivity index (χ0) is 14.0. The Labute approximate surface area is 108 Å². The second kappa shape index (κ2) is 5.48. The molecule has 0 saturated heterocycles. The normalized spacial score (nSPS) is 22.5. The smallest absolute Gasteiger partial charge is 0.295 e. The molecule has 0 aliphatic heterocycles. The first-order chi connectivity index (χ1) is 9.04. The molecule has 1 saturated carbocycles. The number of nitrogens with one attached hydrogen (secondary N) is 1. The summed E-state index contributed by atoms with van der Waals surface area (Å²) in [6.07, 6.45) is 2.55. The third-order valence-corrected chi connectivity index (χ3v) is 3.56. The van der Waals surface area contributed by atoms with Crippen LogP contribution in [-0.4, -0.2) is 17.5 Å². The van der Waals surface area contributed by atoms with Crippen molar-refractivity contribution in [3.8, 4) is 0 Å². The van der Waals surface area contributed by atoms with Crippen LogP contribution >= 0.6 is 0 Å². The first-order valence-corrected chi connectivity index (χ1v) is 6.13. The van der Waals surface area contributed by atoms with Crippen LogP contribution in [0.2, 0.25) is 0 Å². The van der Waals surface area contributed by atoms with Crippen molar-refractivity contribution >= 4 is 11.4 Å². The Bertz CT molecular complexity index is 496. The van der Waals surface area contributed by atoms with Gasteiger partial charge in [-0.25, -0.2) is 8.78 Å². The fourth-order valence-electron chi connectivity index (χ4n) is 2.52. The number of benzene rings is 1. The highest BCUT2D eigenvalue weighted by molar-refractivity contribution is 5.63. The van der Waals surface area contributed by atoms with E-state index in [9.17, 15) is 18.9 Å². The average molecular weight is 271 g/mol. The van der Waals surface area contributed by atoms with Crippen molar-refractivity contribution in [3.63, 3.8) is 0 Å². The molecule has 2 unspecified atom stereocenters. The molecule has 0 aromatic heterocycles. The lowest BCUT2D eigenvalue weighted by atomic mass is 10.0. The maximum atomic E-state index is 13.7. The first kappa shape index (κ1) is 13.7. The number of nitro groups is 1. The van der Waals surface area contributed by atoms with Gasteiger partial charge < -0.3 is 11.1 Å². The number of nitrogens with two attached hydrogens (primary N) is 1. The summed E-state index contributed by atoms with van der Waals surface area (Å²) < 4.78 is 26.9. The molecule has 1 aliphatic rings. The summed E-state index contributed by atoms with van der Waals surface area (Å²) in [7, 11) is 0. The maximum absolute atomic E-state index is 13.7. The van der Waals surface area contributed by atoms with E-state index in [4.69, 9.17) is 5.73 Å². The van der Waals surface area contributed by atoms with E-state index in [1.54, 1.807) is 0 Å². The monoisotopic (exact) mass is 271 g/mol. The molecule has 0 spiro atoms. The molecular weight excluding hydrogens is 256 g/mol. The van der Waals surface area contributed by atoms with Gasteiger partial charge in [0.2, 0.25) is 0 Å². The van der Waals surface area contributed by atoms with Crippen LogP contribution in [0.15, 0.2) is 12.1 Å². The SMILES string of the molecule is NCC1CCCC1Nc1c([N+](=O)[O-])ccc(F)c1F. The van der Waals surface area contributed by atoms with Crippen LogP contribution in [0.1, 0.15) is 19.3 Å². The van der Waals surface area contributed by atoms with E-state index in [0.717, 1.165) is 31.4 Å². The zero-order valence-corrected chi connectivity index (χ0v) is 10.2. The number of nitro benzene ring substituents is 1. The van der Waals surface area contributed by atoms with E-state index in [2.05, 4.69) is 5.32 Å². The summed E-state index contributed by atoms with van der Waals surface area (Å²) in [5.41, 5.74) is 4.77. The van der Waals surface area contributed by atoms with Crippen LogP contribution in [0.5, 0.6) is 0 Å². The fourth-order valence-corrected chi connectivity index (χ4v) is 2.52. The molecule has 5 nitrogen and oxygen atoms in total. The van der Waals surface area contributed by atoms with Gasteiger partial charge in [0.1, 0.15) is 0 Å². The summed E-state index contributed by atoms with van der Waals surface area (Å²) in [6, 6.07) is 1.57. The molecule has 1 aromatic carbocycles. The van der Waals surface area contributed by atoms with E-state index < -0.39 is 22.2 Å². The number of nitrogens with zero attached hydrogens (tertiary/aromatic N) is 1. The minimum atomic E-state index is -1.21. The molecule has 1 aromatic rings. The Morgan fingerprint density at radius 3 is 2.79 bits per heavy atom. The van der Waals surface area contributed by atoms with Crippen LogP contribution in [0.3, 0.4) is 0 Å². The van der Waals surface area contributed by atoms with E-state index in [0.29, 0.717) is 6.54 Å². The van der Waals surface area contributed by atoms with Crippen molar-refractivity contribution < 1.29 is 13.7 Å². The topological polar surface area (TPSA) is 81.2 Å². The van der Waals surface area contributed by atoms with Gasteiger partial charge in [-0.1, -0.05) is 6.42 Å². The highest BCUT2D eigenvalue weighted by atomic mass is 19.2. The predicted molar refractivity (Wildman–Crippen MR) is 66.8 cm³/mol. The Hall–Kier alpha value is -1.76. The van der Waals surface area contributed by atoms with Crippen LogP contribution in [0, 0.1) is 27.7 Å². The summed E-state index contributed by atoms with van der Waals surface area (Å²) >= 11 is 0. The highest BCUT2D eigenvalue weighted by Gasteiger charge is 2.30. The predicted octanol–water partition coefficient (Wildman–Crippen LogP) is 2.41. The standard InChI is InChI=1S/C12H15F2N3O2/c13-8-4-5-10(17(18)19)12(11(8)14)16-9-3-1-2-7(9)6-15/h4-5,7,9,16H,1-3,6,15H2. The highest BCUT2D eigenvalue weighted by Crippen LogP contribution is 2.34. The summed E-state index contributed by atoms with van der Waals surface area (Å²) in [6.45, 7) is 0.419. The van der Waals surface area contributed by atoms with Crippen LogP contribution < -0.4 is 11.1 Å². The van der Waals surface area contributed by atoms with Crippen molar-refractivity contribution in [2.24, 2.45) is 11.7 Å². The molecule has 1 fully saturated rings. The quantitative estimate of drug-likeness (QED) is 0.651. The number of rotatable bonds is 4. The van der Waals surface area contributed by atoms with E-state index in [1.807, 2.05) is 0 Å². The van der Waals surface area contributed by atoms with Gasteiger partial charge in [-0.05, 0) is 31.4 Å². The third-order valence-electron chi connectivity index (χ3n) is 3.56. The molecule has 2 rings (SSSR count). The van der Waals surface area contributed by atoms with Crippen molar-refractivity contribution in [1.29, 1.82) is 0 Å². The lowest BCUT2D eigenvalue weighted by molar-refractivity contribution is -0.384. The minimum absolute atomic E-state index is 0.127.